The summed E-state index contributed by atoms with van der Waals surface area (Å²) in [5, 5.41) is 3.72. The van der Waals surface area contributed by atoms with E-state index in [-0.39, 0.29) is 5.54 Å². The van der Waals surface area contributed by atoms with Gasteiger partial charge in [0.05, 0.1) is 0 Å². The molecule has 2 heteroatoms. The largest absolute Gasteiger partial charge is 0.329 e. The second-order valence-electron chi connectivity index (χ2n) is 5.32. The van der Waals surface area contributed by atoms with Gasteiger partial charge < -0.3 is 11.1 Å². The predicted octanol–water partition coefficient (Wildman–Crippen LogP) is 2.34. The van der Waals surface area contributed by atoms with Gasteiger partial charge >= 0.3 is 0 Å². The van der Waals surface area contributed by atoms with Gasteiger partial charge in [0.25, 0.3) is 0 Å². The first-order valence-corrected chi connectivity index (χ1v) is 6.77. The number of benzene rings is 1. The normalized spacial score (nSPS) is 18.9. The van der Waals surface area contributed by atoms with Crippen LogP contribution in [0.3, 0.4) is 0 Å². The fourth-order valence-corrected chi connectivity index (χ4v) is 2.27. The Kier molecular flexibility index (Phi) is 4.19. The molecule has 0 amide bonds. The zero-order valence-corrected chi connectivity index (χ0v) is 10.8. The second-order valence-corrected chi connectivity index (χ2v) is 5.32. The lowest BCUT2D eigenvalue weighted by molar-refractivity contribution is 0.313. The fourth-order valence-electron chi connectivity index (χ4n) is 2.27. The van der Waals surface area contributed by atoms with Crippen molar-refractivity contribution in [1.29, 1.82) is 0 Å². The second kappa shape index (κ2) is 5.65. The molecule has 2 nitrogen and oxygen atoms in total. The first kappa shape index (κ1) is 12.6. The van der Waals surface area contributed by atoms with Gasteiger partial charge in [-0.15, -0.1) is 0 Å². The molecule has 1 unspecified atom stereocenters. The Morgan fingerprint density at radius 1 is 1.29 bits per heavy atom. The molecular formula is C15H24N2. The summed E-state index contributed by atoms with van der Waals surface area (Å²) in [7, 11) is 0. The summed E-state index contributed by atoms with van der Waals surface area (Å²) in [6.45, 7) is 4.08. The number of nitrogens with two attached hydrogens (primary N) is 1. The van der Waals surface area contributed by atoms with Gasteiger partial charge in [-0.3, -0.25) is 0 Å². The van der Waals surface area contributed by atoms with Crippen LogP contribution in [0.2, 0.25) is 0 Å². The monoisotopic (exact) mass is 232 g/mol. The van der Waals surface area contributed by atoms with E-state index in [1.165, 1.54) is 18.4 Å². The van der Waals surface area contributed by atoms with Crippen molar-refractivity contribution in [2.45, 2.75) is 38.1 Å². The highest BCUT2D eigenvalue weighted by molar-refractivity contribution is 5.18. The molecule has 3 N–H and O–H groups in total. The van der Waals surface area contributed by atoms with Crippen molar-refractivity contribution in [3.63, 3.8) is 0 Å². The van der Waals surface area contributed by atoms with Crippen molar-refractivity contribution >= 4 is 0 Å². The summed E-state index contributed by atoms with van der Waals surface area (Å²) in [5.41, 5.74) is 7.48. The lowest BCUT2D eigenvalue weighted by Crippen LogP contribution is -2.53. The number of hydrogen-bond acceptors (Lipinski definition) is 2. The van der Waals surface area contributed by atoms with Gasteiger partial charge in [0.2, 0.25) is 0 Å². The zero-order valence-electron chi connectivity index (χ0n) is 10.8. The molecule has 0 aliphatic heterocycles. The van der Waals surface area contributed by atoms with Crippen LogP contribution in [0.1, 0.15) is 31.7 Å². The third-order valence-corrected chi connectivity index (χ3v) is 3.92. The molecule has 0 heterocycles. The van der Waals surface area contributed by atoms with Crippen molar-refractivity contribution in [3.05, 3.63) is 35.9 Å². The Morgan fingerprint density at radius 3 is 2.53 bits per heavy atom. The third kappa shape index (κ3) is 3.55. The third-order valence-electron chi connectivity index (χ3n) is 3.92. The van der Waals surface area contributed by atoms with E-state index in [1.54, 1.807) is 0 Å². The molecule has 0 bridgehead atoms. The Morgan fingerprint density at radius 2 is 2.00 bits per heavy atom. The summed E-state index contributed by atoms with van der Waals surface area (Å²) in [5.74, 6) is 0.906. The lowest BCUT2D eigenvalue weighted by Gasteiger charge is -2.33. The molecule has 1 atom stereocenters. The van der Waals surface area contributed by atoms with Crippen LogP contribution in [0.5, 0.6) is 0 Å². The highest BCUT2D eigenvalue weighted by Crippen LogP contribution is 2.29. The van der Waals surface area contributed by atoms with Crippen LogP contribution in [-0.2, 0) is 6.42 Å². The fraction of sp³-hybridized carbons (Fsp3) is 0.600. The van der Waals surface area contributed by atoms with Gasteiger partial charge in [-0.25, -0.2) is 0 Å². The molecule has 1 fully saturated rings. The van der Waals surface area contributed by atoms with Crippen LogP contribution in [-0.4, -0.2) is 18.6 Å². The minimum absolute atomic E-state index is 0.0872. The molecule has 1 saturated carbocycles. The molecule has 1 aromatic carbocycles. The number of nitrogens with one attached hydrogen (secondary N) is 1. The van der Waals surface area contributed by atoms with Crippen LogP contribution in [0.4, 0.5) is 0 Å². The molecule has 94 valence electrons. The quantitative estimate of drug-likeness (QED) is 0.757. The van der Waals surface area contributed by atoms with E-state index >= 15 is 0 Å². The summed E-state index contributed by atoms with van der Waals surface area (Å²) in [6.07, 6.45) is 4.91. The van der Waals surface area contributed by atoms with Crippen molar-refractivity contribution in [2.24, 2.45) is 11.7 Å². The lowest BCUT2D eigenvalue weighted by atomic mass is 9.88. The smallest absolute Gasteiger partial charge is 0.0342 e. The minimum Gasteiger partial charge on any atom is -0.329 e. The Hall–Kier alpha value is -0.860. The van der Waals surface area contributed by atoms with Gasteiger partial charge in [-0.05, 0) is 43.7 Å². The molecule has 17 heavy (non-hydrogen) atoms. The zero-order chi connectivity index (χ0) is 12.1. The summed E-state index contributed by atoms with van der Waals surface area (Å²) < 4.78 is 0. The van der Waals surface area contributed by atoms with Crippen molar-refractivity contribution in [1.82, 2.24) is 5.32 Å². The van der Waals surface area contributed by atoms with Crippen LogP contribution in [0.25, 0.3) is 0 Å². The number of rotatable bonds is 7. The summed E-state index contributed by atoms with van der Waals surface area (Å²) in [6, 6.07) is 10.7. The summed E-state index contributed by atoms with van der Waals surface area (Å²) in [4.78, 5) is 0. The van der Waals surface area contributed by atoms with E-state index in [0.717, 1.165) is 25.3 Å². The van der Waals surface area contributed by atoms with Gasteiger partial charge in [-0.1, -0.05) is 37.3 Å². The van der Waals surface area contributed by atoms with Crippen LogP contribution in [0, 0.1) is 5.92 Å². The standard InChI is InChI=1S/C15H24N2/c1-2-15(12-16,17-11-14-8-9-14)10-13-6-4-3-5-7-13/h3-7,14,17H,2,8-12,16H2,1H3. The maximum atomic E-state index is 6.01. The maximum Gasteiger partial charge on any atom is 0.0342 e. The average Bonchev–Trinajstić information content (AvgIpc) is 3.20. The highest BCUT2D eigenvalue weighted by atomic mass is 15.0. The molecule has 0 radical (unpaired) electrons. The molecule has 2 rings (SSSR count). The Bertz CT molecular complexity index is 326. The SMILES string of the molecule is CCC(CN)(Cc1ccccc1)NCC1CC1. The Labute approximate surface area is 105 Å². The predicted molar refractivity (Wildman–Crippen MR) is 72.9 cm³/mol. The molecule has 0 saturated heterocycles. The topological polar surface area (TPSA) is 38.0 Å². The molecule has 0 aromatic heterocycles. The van der Waals surface area contributed by atoms with Gasteiger partial charge in [0.15, 0.2) is 0 Å². The van der Waals surface area contributed by atoms with Crippen molar-refractivity contribution < 1.29 is 0 Å². The Balaban J connectivity index is 1.98. The first-order valence-electron chi connectivity index (χ1n) is 6.77. The average molecular weight is 232 g/mol. The van der Waals surface area contributed by atoms with Gasteiger partial charge in [0.1, 0.15) is 0 Å². The van der Waals surface area contributed by atoms with Crippen LogP contribution in [0.15, 0.2) is 30.3 Å². The minimum atomic E-state index is 0.0872. The van der Waals surface area contributed by atoms with Gasteiger partial charge in [-0.2, -0.15) is 0 Å². The molecule has 1 aliphatic carbocycles. The highest BCUT2D eigenvalue weighted by Gasteiger charge is 2.29. The van der Waals surface area contributed by atoms with E-state index in [9.17, 15) is 0 Å². The van der Waals surface area contributed by atoms with E-state index in [4.69, 9.17) is 5.73 Å². The van der Waals surface area contributed by atoms with Crippen LogP contribution >= 0.6 is 0 Å². The van der Waals surface area contributed by atoms with E-state index in [0.29, 0.717) is 6.54 Å². The van der Waals surface area contributed by atoms with Crippen molar-refractivity contribution in [3.8, 4) is 0 Å². The van der Waals surface area contributed by atoms with Crippen LogP contribution < -0.4 is 11.1 Å². The maximum absolute atomic E-state index is 6.01. The number of hydrogen-bond donors (Lipinski definition) is 2. The molecule has 1 aliphatic rings. The van der Waals surface area contributed by atoms with Gasteiger partial charge in [0, 0.05) is 12.1 Å². The summed E-state index contributed by atoms with van der Waals surface area (Å²) >= 11 is 0. The molecule has 1 aromatic rings. The molecule has 0 spiro atoms. The first-order chi connectivity index (χ1) is 8.28. The van der Waals surface area contributed by atoms with E-state index < -0.39 is 0 Å². The van der Waals surface area contributed by atoms with Crippen molar-refractivity contribution in [2.75, 3.05) is 13.1 Å². The molecular weight excluding hydrogens is 208 g/mol. The van der Waals surface area contributed by atoms with E-state index in [1.807, 2.05) is 0 Å². The van der Waals surface area contributed by atoms with E-state index in [2.05, 4.69) is 42.6 Å².